The van der Waals surface area contributed by atoms with Gasteiger partial charge in [0.1, 0.15) is 5.75 Å². The maximum atomic E-state index is 11.6. The maximum absolute atomic E-state index is 11.6. The van der Waals surface area contributed by atoms with Crippen molar-refractivity contribution in [2.75, 3.05) is 6.54 Å². The number of amides is 1. The van der Waals surface area contributed by atoms with Gasteiger partial charge in [-0.05, 0) is 30.7 Å². The molecule has 0 fully saturated rings. The summed E-state index contributed by atoms with van der Waals surface area (Å²) in [6.07, 6.45) is -1.20. The standard InChI is InChI=1S/C15H18ClNO6.Na/c1-10(18)21-11(2)22-15(20)17-9-3-4-14(19)23-13-7-5-12(16)6-8-13;/h5-8,11H,3-4,9H2,1-2H3,(H,17,20);/q;+1. The number of hydrogen-bond acceptors (Lipinski definition) is 6. The number of ether oxygens (including phenoxy) is 3. The molecule has 1 unspecified atom stereocenters. The van der Waals surface area contributed by atoms with Gasteiger partial charge >= 0.3 is 47.6 Å². The minimum Gasteiger partial charge on any atom is -0.427 e. The van der Waals surface area contributed by atoms with Crippen molar-refractivity contribution >= 4 is 29.6 Å². The third-order valence-corrected chi connectivity index (χ3v) is 2.73. The Balaban J connectivity index is 0.00000529. The summed E-state index contributed by atoms with van der Waals surface area (Å²) in [5.41, 5.74) is 0. The van der Waals surface area contributed by atoms with Gasteiger partial charge < -0.3 is 19.5 Å². The van der Waals surface area contributed by atoms with E-state index in [2.05, 4.69) is 10.1 Å². The van der Waals surface area contributed by atoms with Gasteiger partial charge in [-0.25, -0.2) is 4.79 Å². The van der Waals surface area contributed by atoms with E-state index in [1.807, 2.05) is 0 Å². The third-order valence-electron chi connectivity index (χ3n) is 2.48. The molecule has 1 aromatic rings. The van der Waals surface area contributed by atoms with E-state index >= 15 is 0 Å². The molecule has 0 aromatic heterocycles. The number of carbonyl (C=O) groups is 3. The molecule has 1 rings (SSSR count). The summed E-state index contributed by atoms with van der Waals surface area (Å²) in [4.78, 5) is 33.6. The zero-order valence-corrected chi connectivity index (χ0v) is 16.6. The summed E-state index contributed by atoms with van der Waals surface area (Å²) in [6, 6.07) is 6.41. The SMILES string of the molecule is CC(=O)OC(C)OC(=O)NCCCC(=O)Oc1ccc(Cl)cc1.[Na+]. The van der Waals surface area contributed by atoms with Crippen LogP contribution in [-0.4, -0.2) is 30.9 Å². The summed E-state index contributed by atoms with van der Waals surface area (Å²) in [7, 11) is 0. The predicted molar refractivity (Wildman–Crippen MR) is 82.0 cm³/mol. The molecule has 0 aliphatic carbocycles. The van der Waals surface area contributed by atoms with E-state index in [4.69, 9.17) is 21.1 Å². The van der Waals surface area contributed by atoms with Crippen molar-refractivity contribution in [1.29, 1.82) is 0 Å². The van der Waals surface area contributed by atoms with Gasteiger partial charge in [0.2, 0.25) is 6.29 Å². The Morgan fingerprint density at radius 1 is 1.17 bits per heavy atom. The van der Waals surface area contributed by atoms with Gasteiger partial charge in [0, 0.05) is 31.8 Å². The summed E-state index contributed by atoms with van der Waals surface area (Å²) in [6.45, 7) is 2.86. The van der Waals surface area contributed by atoms with Crippen molar-refractivity contribution < 1.29 is 58.2 Å². The van der Waals surface area contributed by atoms with Crippen molar-refractivity contribution in [3.05, 3.63) is 29.3 Å². The number of benzene rings is 1. The molecule has 1 atom stereocenters. The Labute approximate surface area is 167 Å². The second-order valence-electron chi connectivity index (χ2n) is 4.54. The zero-order chi connectivity index (χ0) is 17.2. The summed E-state index contributed by atoms with van der Waals surface area (Å²) < 4.78 is 14.5. The molecule has 1 amide bonds. The average Bonchev–Trinajstić information content (AvgIpc) is 2.45. The van der Waals surface area contributed by atoms with Crippen molar-refractivity contribution in [3.63, 3.8) is 0 Å². The molecule has 0 aliphatic heterocycles. The number of rotatable bonds is 7. The second kappa shape index (κ2) is 12.1. The van der Waals surface area contributed by atoms with Crippen LogP contribution < -0.4 is 39.6 Å². The average molecular weight is 367 g/mol. The molecular weight excluding hydrogens is 349 g/mol. The van der Waals surface area contributed by atoms with Gasteiger partial charge in [-0.1, -0.05) is 11.6 Å². The van der Waals surface area contributed by atoms with Crippen LogP contribution in [0.2, 0.25) is 5.02 Å². The molecule has 0 aliphatic rings. The van der Waals surface area contributed by atoms with Crippen molar-refractivity contribution in [1.82, 2.24) is 5.32 Å². The van der Waals surface area contributed by atoms with Crippen LogP contribution in [0, 0.1) is 0 Å². The molecule has 0 saturated carbocycles. The quantitative estimate of drug-likeness (QED) is 0.233. The normalized spacial score (nSPS) is 10.8. The summed E-state index contributed by atoms with van der Waals surface area (Å²) >= 11 is 5.72. The first-order valence-corrected chi connectivity index (χ1v) is 7.32. The summed E-state index contributed by atoms with van der Waals surface area (Å²) in [5.74, 6) is -0.562. The minimum atomic E-state index is -0.970. The number of esters is 2. The maximum Gasteiger partial charge on any atom is 1.00 e. The van der Waals surface area contributed by atoms with Crippen LogP contribution in [0.1, 0.15) is 26.7 Å². The molecule has 7 nitrogen and oxygen atoms in total. The molecule has 1 N–H and O–H groups in total. The van der Waals surface area contributed by atoms with E-state index in [9.17, 15) is 14.4 Å². The molecule has 126 valence electrons. The van der Waals surface area contributed by atoms with E-state index in [1.54, 1.807) is 24.3 Å². The summed E-state index contributed by atoms with van der Waals surface area (Å²) in [5, 5.41) is 2.99. The van der Waals surface area contributed by atoms with Gasteiger partial charge in [-0.15, -0.1) is 0 Å². The predicted octanol–water partition coefficient (Wildman–Crippen LogP) is -0.335. The van der Waals surface area contributed by atoms with Crippen molar-refractivity contribution in [3.8, 4) is 5.75 Å². The molecule has 0 spiro atoms. The van der Waals surface area contributed by atoms with Gasteiger partial charge in [0.25, 0.3) is 0 Å². The van der Waals surface area contributed by atoms with E-state index in [0.717, 1.165) is 0 Å². The zero-order valence-electron chi connectivity index (χ0n) is 13.8. The molecule has 24 heavy (non-hydrogen) atoms. The Kier molecular flexibility index (Phi) is 11.5. The Morgan fingerprint density at radius 3 is 2.38 bits per heavy atom. The number of carbonyl (C=O) groups excluding carboxylic acids is 3. The first-order chi connectivity index (χ1) is 10.9. The Bertz CT molecular complexity index is 551. The van der Waals surface area contributed by atoms with Gasteiger partial charge in [-0.3, -0.25) is 9.59 Å². The van der Waals surface area contributed by atoms with Crippen LogP contribution in [0.4, 0.5) is 4.79 Å². The fourth-order valence-corrected chi connectivity index (χ4v) is 1.68. The Morgan fingerprint density at radius 2 is 1.79 bits per heavy atom. The molecule has 0 saturated heterocycles. The second-order valence-corrected chi connectivity index (χ2v) is 4.98. The van der Waals surface area contributed by atoms with Crippen LogP contribution >= 0.6 is 11.6 Å². The number of alkyl carbamates (subject to hydrolysis) is 1. The van der Waals surface area contributed by atoms with Crippen molar-refractivity contribution in [2.24, 2.45) is 0 Å². The van der Waals surface area contributed by atoms with E-state index in [1.165, 1.54) is 13.8 Å². The van der Waals surface area contributed by atoms with Gasteiger partial charge in [0.05, 0.1) is 0 Å². The first kappa shape index (κ1) is 22.7. The van der Waals surface area contributed by atoms with Crippen molar-refractivity contribution in [2.45, 2.75) is 33.0 Å². The third kappa shape index (κ3) is 10.5. The van der Waals surface area contributed by atoms with Crippen LogP contribution in [0.3, 0.4) is 0 Å². The van der Waals surface area contributed by atoms with Crippen LogP contribution in [-0.2, 0) is 19.1 Å². The number of halogens is 1. The number of nitrogens with one attached hydrogen (secondary N) is 1. The fourth-order valence-electron chi connectivity index (χ4n) is 1.56. The molecule has 0 bridgehead atoms. The van der Waals surface area contributed by atoms with Gasteiger partial charge in [-0.2, -0.15) is 0 Å². The smallest absolute Gasteiger partial charge is 0.427 e. The topological polar surface area (TPSA) is 90.9 Å². The number of hydrogen-bond donors (Lipinski definition) is 1. The van der Waals surface area contributed by atoms with E-state index in [0.29, 0.717) is 17.2 Å². The molecule has 0 radical (unpaired) electrons. The van der Waals surface area contributed by atoms with Gasteiger partial charge in [0.15, 0.2) is 0 Å². The van der Waals surface area contributed by atoms with E-state index < -0.39 is 24.3 Å². The van der Waals surface area contributed by atoms with Crippen LogP contribution in [0.25, 0.3) is 0 Å². The molecular formula is C15H18ClNNaO6+. The molecule has 1 aromatic carbocycles. The first-order valence-electron chi connectivity index (χ1n) is 6.95. The van der Waals surface area contributed by atoms with Crippen LogP contribution in [0.15, 0.2) is 24.3 Å². The largest absolute Gasteiger partial charge is 1.00 e. The molecule has 0 heterocycles. The van der Waals surface area contributed by atoms with E-state index in [-0.39, 0.29) is 42.5 Å². The Hall–Kier alpha value is -1.28. The molecule has 9 heteroatoms. The minimum absolute atomic E-state index is 0. The van der Waals surface area contributed by atoms with Crippen LogP contribution in [0.5, 0.6) is 5.75 Å². The fraction of sp³-hybridized carbons (Fsp3) is 0.400. The monoisotopic (exact) mass is 366 g/mol.